The highest BCUT2D eigenvalue weighted by molar-refractivity contribution is 6.42. The average molecular weight is 351 g/mol. The number of ether oxygens (including phenoxy) is 1. The van der Waals surface area contributed by atoms with E-state index in [-0.39, 0.29) is 33.9 Å². The van der Waals surface area contributed by atoms with Crippen LogP contribution < -0.4 is 21.7 Å². The fourth-order valence-electron chi connectivity index (χ4n) is 1.72. The predicted octanol–water partition coefficient (Wildman–Crippen LogP) is 1.98. The molecule has 0 atom stereocenters. The van der Waals surface area contributed by atoms with Crippen molar-refractivity contribution in [3.63, 3.8) is 0 Å². The second kappa shape index (κ2) is 7.65. The van der Waals surface area contributed by atoms with Crippen molar-refractivity contribution in [2.24, 2.45) is 11.6 Å². The molecule has 0 amide bonds. The summed E-state index contributed by atoms with van der Waals surface area (Å²) >= 11 is 11.8. The van der Waals surface area contributed by atoms with Crippen LogP contribution in [-0.2, 0) is 6.61 Å². The van der Waals surface area contributed by atoms with Gasteiger partial charge in [0.05, 0.1) is 16.9 Å². The first-order chi connectivity index (χ1) is 11.1. The summed E-state index contributed by atoms with van der Waals surface area (Å²) in [5, 5.41) is 16.8. The van der Waals surface area contributed by atoms with Crippen molar-refractivity contribution in [1.82, 2.24) is 15.6 Å². The molecule has 0 fully saturated rings. The highest BCUT2D eigenvalue weighted by atomic mass is 35.5. The van der Waals surface area contributed by atoms with E-state index in [0.717, 1.165) is 5.56 Å². The first kappa shape index (κ1) is 16.8. The van der Waals surface area contributed by atoms with Gasteiger partial charge in [-0.25, -0.2) is 5.84 Å². The van der Waals surface area contributed by atoms with Crippen LogP contribution in [0, 0.1) is 11.3 Å². The van der Waals surface area contributed by atoms with Gasteiger partial charge in [0.2, 0.25) is 0 Å². The number of hydrazine groups is 1. The quantitative estimate of drug-likeness (QED) is 0.427. The van der Waals surface area contributed by atoms with E-state index >= 15 is 0 Å². The SMILES string of the molecule is N#C/C(NN)=C(/N)c1cccc(COc2nncc(Cl)c2Cl)c1. The number of aromatic nitrogens is 2. The summed E-state index contributed by atoms with van der Waals surface area (Å²) in [6, 6.07) is 8.99. The van der Waals surface area contributed by atoms with Crippen LogP contribution in [0.4, 0.5) is 0 Å². The van der Waals surface area contributed by atoms with E-state index in [0.29, 0.717) is 5.56 Å². The molecule has 9 heteroatoms. The zero-order chi connectivity index (χ0) is 16.8. The lowest BCUT2D eigenvalue weighted by atomic mass is 10.1. The van der Waals surface area contributed by atoms with E-state index < -0.39 is 0 Å². The third kappa shape index (κ3) is 4.02. The highest BCUT2D eigenvalue weighted by Gasteiger charge is 2.10. The molecule has 5 N–H and O–H groups in total. The lowest BCUT2D eigenvalue weighted by Crippen LogP contribution is -2.23. The number of nitriles is 1. The van der Waals surface area contributed by atoms with Crippen molar-refractivity contribution in [2.75, 3.05) is 0 Å². The van der Waals surface area contributed by atoms with Gasteiger partial charge in [0.1, 0.15) is 17.7 Å². The molecule has 0 unspecified atom stereocenters. The summed E-state index contributed by atoms with van der Waals surface area (Å²) in [5.41, 5.74) is 9.87. The fraction of sp³-hybridized carbons (Fsp3) is 0.0714. The Morgan fingerprint density at radius 1 is 1.39 bits per heavy atom. The molecule has 0 bridgehead atoms. The summed E-state index contributed by atoms with van der Waals surface area (Å²) < 4.78 is 5.50. The molecule has 0 saturated carbocycles. The van der Waals surface area contributed by atoms with Crippen LogP contribution in [-0.4, -0.2) is 10.2 Å². The Kier molecular flexibility index (Phi) is 5.60. The maximum absolute atomic E-state index is 8.94. The van der Waals surface area contributed by atoms with E-state index in [1.807, 2.05) is 12.1 Å². The molecule has 23 heavy (non-hydrogen) atoms. The molecule has 0 saturated heterocycles. The molecule has 1 heterocycles. The maximum Gasteiger partial charge on any atom is 0.254 e. The zero-order valence-corrected chi connectivity index (χ0v) is 13.3. The van der Waals surface area contributed by atoms with Crippen LogP contribution in [0.2, 0.25) is 10.0 Å². The molecular formula is C14H12Cl2N6O. The van der Waals surface area contributed by atoms with Crippen LogP contribution in [0.1, 0.15) is 11.1 Å². The van der Waals surface area contributed by atoms with Crippen molar-refractivity contribution in [3.8, 4) is 11.9 Å². The number of halogens is 2. The Labute approximate surface area is 142 Å². The van der Waals surface area contributed by atoms with Crippen molar-refractivity contribution in [1.29, 1.82) is 5.26 Å². The average Bonchev–Trinajstić information content (AvgIpc) is 2.57. The van der Waals surface area contributed by atoms with E-state index in [1.165, 1.54) is 6.20 Å². The maximum atomic E-state index is 8.94. The molecule has 2 aromatic rings. The van der Waals surface area contributed by atoms with Crippen LogP contribution in [0.25, 0.3) is 5.70 Å². The Balaban J connectivity index is 2.20. The smallest absolute Gasteiger partial charge is 0.254 e. The molecule has 0 aliphatic carbocycles. The first-order valence-corrected chi connectivity index (χ1v) is 7.07. The summed E-state index contributed by atoms with van der Waals surface area (Å²) in [6.07, 6.45) is 1.33. The number of hydrogen-bond donors (Lipinski definition) is 3. The Hall–Kier alpha value is -2.53. The van der Waals surface area contributed by atoms with Crippen molar-refractivity contribution in [2.45, 2.75) is 6.61 Å². The minimum atomic E-state index is 0.0758. The van der Waals surface area contributed by atoms with Gasteiger partial charge >= 0.3 is 0 Å². The highest BCUT2D eigenvalue weighted by Crippen LogP contribution is 2.28. The standard InChI is InChI=1S/C14H12Cl2N6O/c15-10-6-20-22-14(12(10)16)23-7-8-2-1-3-9(4-8)13(18)11(5-17)21-19/h1-4,6,21H,7,18-19H2/b13-11-. The van der Waals surface area contributed by atoms with Crippen LogP contribution in [0.15, 0.2) is 36.2 Å². The van der Waals surface area contributed by atoms with Gasteiger partial charge in [-0.3, -0.25) is 0 Å². The Morgan fingerprint density at radius 3 is 2.87 bits per heavy atom. The Bertz CT molecular complexity index is 787. The van der Waals surface area contributed by atoms with Gasteiger partial charge < -0.3 is 15.9 Å². The molecule has 0 aliphatic heterocycles. The summed E-state index contributed by atoms with van der Waals surface area (Å²) in [6.45, 7) is 0.174. The largest absolute Gasteiger partial charge is 0.471 e. The van der Waals surface area contributed by atoms with Crippen molar-refractivity contribution in [3.05, 3.63) is 57.3 Å². The van der Waals surface area contributed by atoms with E-state index in [9.17, 15) is 0 Å². The predicted molar refractivity (Wildman–Crippen MR) is 86.9 cm³/mol. The first-order valence-electron chi connectivity index (χ1n) is 6.32. The number of nitrogens with one attached hydrogen (secondary N) is 1. The molecule has 1 aromatic heterocycles. The van der Waals surface area contributed by atoms with Crippen LogP contribution >= 0.6 is 23.2 Å². The second-order valence-electron chi connectivity index (χ2n) is 4.35. The van der Waals surface area contributed by atoms with Gasteiger partial charge in [-0.2, -0.15) is 10.4 Å². The topological polar surface area (TPSA) is 123 Å². The van der Waals surface area contributed by atoms with E-state index in [4.69, 9.17) is 44.8 Å². The third-order valence-corrected chi connectivity index (χ3v) is 3.60. The van der Waals surface area contributed by atoms with Crippen molar-refractivity contribution >= 4 is 28.9 Å². The summed E-state index contributed by atoms with van der Waals surface area (Å²) in [4.78, 5) is 0. The Morgan fingerprint density at radius 2 is 2.17 bits per heavy atom. The fourth-order valence-corrected chi connectivity index (χ4v) is 1.99. The number of rotatable bonds is 5. The van der Waals surface area contributed by atoms with E-state index in [2.05, 4.69) is 15.6 Å². The van der Waals surface area contributed by atoms with Crippen LogP contribution in [0.5, 0.6) is 5.88 Å². The monoisotopic (exact) mass is 350 g/mol. The number of benzene rings is 1. The third-order valence-electron chi connectivity index (χ3n) is 2.86. The normalized spacial score (nSPS) is 11.4. The molecule has 118 valence electrons. The number of nitrogens with two attached hydrogens (primary N) is 2. The van der Waals surface area contributed by atoms with Crippen LogP contribution in [0.3, 0.4) is 0 Å². The number of nitrogens with zero attached hydrogens (tertiary/aromatic N) is 3. The van der Waals surface area contributed by atoms with E-state index in [1.54, 1.807) is 18.2 Å². The lowest BCUT2D eigenvalue weighted by Gasteiger charge is -2.09. The van der Waals surface area contributed by atoms with Gasteiger partial charge in [-0.1, -0.05) is 41.4 Å². The molecule has 7 nitrogen and oxygen atoms in total. The van der Waals surface area contributed by atoms with Gasteiger partial charge in [0.15, 0.2) is 5.70 Å². The van der Waals surface area contributed by atoms with Gasteiger partial charge in [0.25, 0.3) is 5.88 Å². The lowest BCUT2D eigenvalue weighted by molar-refractivity contribution is 0.290. The number of allylic oxidation sites excluding steroid dienone is 1. The van der Waals surface area contributed by atoms with Crippen molar-refractivity contribution < 1.29 is 4.74 Å². The minimum absolute atomic E-state index is 0.0758. The molecule has 0 spiro atoms. The summed E-state index contributed by atoms with van der Waals surface area (Å²) in [7, 11) is 0. The molecular weight excluding hydrogens is 339 g/mol. The van der Waals surface area contributed by atoms with Gasteiger partial charge in [-0.05, 0) is 11.6 Å². The summed E-state index contributed by atoms with van der Waals surface area (Å²) in [5.74, 6) is 5.38. The number of hydrogen-bond acceptors (Lipinski definition) is 7. The molecule has 1 aromatic carbocycles. The minimum Gasteiger partial charge on any atom is -0.471 e. The van der Waals surface area contributed by atoms with Gasteiger partial charge in [-0.15, -0.1) is 5.10 Å². The molecule has 0 radical (unpaired) electrons. The molecule has 0 aliphatic rings. The molecule has 2 rings (SSSR count). The second-order valence-corrected chi connectivity index (χ2v) is 5.13. The zero-order valence-electron chi connectivity index (χ0n) is 11.8. The van der Waals surface area contributed by atoms with Gasteiger partial charge in [0, 0.05) is 5.56 Å².